The number of hydrogen-bond donors (Lipinski definition) is 2. The Morgan fingerprint density at radius 1 is 1.44 bits per heavy atom. The molecule has 2 rings (SSSR count). The van der Waals surface area contributed by atoms with Crippen LogP contribution in [-0.2, 0) is 4.79 Å². The van der Waals surface area contributed by atoms with Gasteiger partial charge in [0.15, 0.2) is 0 Å². The Morgan fingerprint density at radius 2 is 2.22 bits per heavy atom. The fourth-order valence-corrected chi connectivity index (χ4v) is 3.69. The maximum atomic E-state index is 12.3. The Hall–Kier alpha value is 0.0700. The van der Waals surface area contributed by atoms with Crippen LogP contribution in [0.5, 0.6) is 0 Å². The summed E-state index contributed by atoms with van der Waals surface area (Å²) in [6.07, 6.45) is 8.02. The lowest BCUT2D eigenvalue weighted by atomic mass is 9.87. The van der Waals surface area contributed by atoms with E-state index in [1.807, 2.05) is 11.8 Å². The summed E-state index contributed by atoms with van der Waals surface area (Å²) in [7, 11) is 0. The van der Waals surface area contributed by atoms with E-state index in [4.69, 9.17) is 0 Å². The standard InChI is InChI=1S/C13H24N2OS.ClH/c1-13(6-7-14-9-13)12(16)15-10-4-3-5-11(8-10)17-2;/h10-11,14H,3-9H2,1-2H3,(H,15,16);1H. The van der Waals surface area contributed by atoms with Crippen LogP contribution in [0.4, 0.5) is 0 Å². The molecule has 1 aliphatic carbocycles. The predicted molar refractivity (Wildman–Crippen MR) is 80.5 cm³/mol. The highest BCUT2D eigenvalue weighted by atomic mass is 35.5. The minimum Gasteiger partial charge on any atom is -0.353 e. The highest BCUT2D eigenvalue weighted by Gasteiger charge is 2.37. The molecule has 106 valence electrons. The molecule has 1 saturated carbocycles. The van der Waals surface area contributed by atoms with Gasteiger partial charge in [-0.3, -0.25) is 4.79 Å². The van der Waals surface area contributed by atoms with Crippen molar-refractivity contribution in [2.75, 3.05) is 19.3 Å². The number of carbonyl (C=O) groups excluding carboxylic acids is 1. The first-order valence-electron chi connectivity index (χ1n) is 6.68. The van der Waals surface area contributed by atoms with Gasteiger partial charge in [-0.2, -0.15) is 11.8 Å². The summed E-state index contributed by atoms with van der Waals surface area (Å²) in [6, 6.07) is 0.408. The van der Waals surface area contributed by atoms with E-state index in [1.54, 1.807) is 0 Å². The van der Waals surface area contributed by atoms with Crippen LogP contribution in [-0.4, -0.2) is 36.5 Å². The maximum Gasteiger partial charge on any atom is 0.227 e. The Morgan fingerprint density at radius 3 is 2.83 bits per heavy atom. The lowest BCUT2D eigenvalue weighted by Gasteiger charge is -2.31. The third kappa shape index (κ3) is 3.78. The number of carbonyl (C=O) groups is 1. The van der Waals surface area contributed by atoms with E-state index < -0.39 is 0 Å². The molecule has 0 aromatic heterocycles. The van der Waals surface area contributed by atoms with E-state index in [2.05, 4.69) is 23.8 Å². The second kappa shape index (κ2) is 7.01. The Bertz CT molecular complexity index is 282. The van der Waals surface area contributed by atoms with Gasteiger partial charge in [0.1, 0.15) is 0 Å². The van der Waals surface area contributed by atoms with E-state index in [0.29, 0.717) is 6.04 Å². The van der Waals surface area contributed by atoms with Gasteiger partial charge in [0, 0.05) is 17.8 Å². The van der Waals surface area contributed by atoms with Crippen molar-refractivity contribution in [3.8, 4) is 0 Å². The van der Waals surface area contributed by atoms with Crippen molar-refractivity contribution in [3.05, 3.63) is 0 Å². The molecule has 2 aliphatic rings. The van der Waals surface area contributed by atoms with E-state index in [-0.39, 0.29) is 23.7 Å². The maximum absolute atomic E-state index is 12.3. The molecular formula is C13H25ClN2OS. The van der Waals surface area contributed by atoms with Gasteiger partial charge in [0.05, 0.1) is 5.41 Å². The molecule has 2 N–H and O–H groups in total. The van der Waals surface area contributed by atoms with E-state index in [0.717, 1.165) is 37.6 Å². The summed E-state index contributed by atoms with van der Waals surface area (Å²) in [6.45, 7) is 3.89. The first-order chi connectivity index (χ1) is 8.14. The van der Waals surface area contributed by atoms with Crippen LogP contribution in [0.25, 0.3) is 0 Å². The lowest BCUT2D eigenvalue weighted by Crippen LogP contribution is -2.47. The zero-order valence-electron chi connectivity index (χ0n) is 11.3. The van der Waals surface area contributed by atoms with E-state index >= 15 is 0 Å². The summed E-state index contributed by atoms with van der Waals surface area (Å²) in [5, 5.41) is 7.30. The molecule has 0 aromatic carbocycles. The number of hydrogen-bond acceptors (Lipinski definition) is 3. The van der Waals surface area contributed by atoms with Gasteiger partial charge in [0.2, 0.25) is 5.91 Å². The lowest BCUT2D eigenvalue weighted by molar-refractivity contribution is -0.130. The topological polar surface area (TPSA) is 41.1 Å². The first-order valence-corrected chi connectivity index (χ1v) is 7.97. The highest BCUT2D eigenvalue weighted by Crippen LogP contribution is 2.29. The monoisotopic (exact) mass is 292 g/mol. The van der Waals surface area contributed by atoms with Gasteiger partial charge in [-0.15, -0.1) is 12.4 Å². The largest absolute Gasteiger partial charge is 0.353 e. The van der Waals surface area contributed by atoms with Crippen LogP contribution < -0.4 is 10.6 Å². The van der Waals surface area contributed by atoms with Gasteiger partial charge in [-0.25, -0.2) is 0 Å². The molecule has 0 spiro atoms. The molecule has 0 aromatic rings. The molecule has 3 unspecified atom stereocenters. The SMILES string of the molecule is CSC1CCCC(NC(=O)C2(C)CCNC2)C1.Cl. The molecule has 1 amide bonds. The fraction of sp³-hybridized carbons (Fsp3) is 0.923. The number of nitrogens with one attached hydrogen (secondary N) is 2. The molecule has 5 heteroatoms. The zero-order valence-corrected chi connectivity index (χ0v) is 13.0. The molecule has 0 bridgehead atoms. The van der Waals surface area contributed by atoms with Crippen molar-refractivity contribution in [2.45, 2.75) is 50.3 Å². The van der Waals surface area contributed by atoms with Crippen LogP contribution >= 0.6 is 24.2 Å². The molecule has 3 atom stereocenters. The van der Waals surface area contributed by atoms with E-state index in [1.165, 1.54) is 12.8 Å². The van der Waals surface area contributed by atoms with Crippen LogP contribution in [0.3, 0.4) is 0 Å². The zero-order chi connectivity index (χ0) is 12.3. The van der Waals surface area contributed by atoms with Crippen LogP contribution in [0, 0.1) is 5.41 Å². The quantitative estimate of drug-likeness (QED) is 0.838. The second-order valence-electron chi connectivity index (χ2n) is 5.68. The van der Waals surface area contributed by atoms with Gasteiger partial charge >= 0.3 is 0 Å². The molecule has 1 saturated heterocycles. The van der Waals surface area contributed by atoms with Crippen LogP contribution in [0.2, 0.25) is 0 Å². The average molecular weight is 293 g/mol. The molecule has 1 heterocycles. The van der Waals surface area contributed by atoms with Crippen molar-refractivity contribution in [1.82, 2.24) is 10.6 Å². The van der Waals surface area contributed by atoms with Gasteiger partial charge < -0.3 is 10.6 Å². The molecule has 0 radical (unpaired) electrons. The normalized spacial score (nSPS) is 35.9. The second-order valence-corrected chi connectivity index (χ2v) is 6.82. The minimum atomic E-state index is -0.174. The summed E-state index contributed by atoms with van der Waals surface area (Å²) >= 11 is 1.94. The third-order valence-corrected chi connectivity index (χ3v) is 5.31. The predicted octanol–water partition coefficient (Wildman–Crippen LogP) is 2.20. The average Bonchev–Trinajstić information content (AvgIpc) is 2.78. The Kier molecular flexibility index (Phi) is 6.28. The van der Waals surface area contributed by atoms with Gasteiger partial charge in [-0.1, -0.05) is 6.42 Å². The van der Waals surface area contributed by atoms with Gasteiger partial charge in [0.25, 0.3) is 0 Å². The summed E-state index contributed by atoms with van der Waals surface area (Å²) in [4.78, 5) is 12.3. The van der Waals surface area contributed by atoms with Crippen LogP contribution in [0.15, 0.2) is 0 Å². The number of rotatable bonds is 3. The molecule has 1 aliphatic heterocycles. The van der Waals surface area contributed by atoms with Crippen molar-refractivity contribution in [3.63, 3.8) is 0 Å². The molecule has 18 heavy (non-hydrogen) atoms. The Balaban J connectivity index is 0.00000162. The number of halogens is 1. The van der Waals surface area contributed by atoms with Crippen molar-refractivity contribution in [2.24, 2.45) is 5.41 Å². The van der Waals surface area contributed by atoms with Crippen molar-refractivity contribution >= 4 is 30.1 Å². The number of amides is 1. The summed E-state index contributed by atoms with van der Waals surface area (Å²) < 4.78 is 0. The van der Waals surface area contributed by atoms with Gasteiger partial charge in [-0.05, 0) is 45.4 Å². The molecular weight excluding hydrogens is 268 g/mol. The van der Waals surface area contributed by atoms with E-state index in [9.17, 15) is 4.79 Å². The summed E-state index contributed by atoms with van der Waals surface area (Å²) in [5.41, 5.74) is -0.174. The van der Waals surface area contributed by atoms with Crippen LogP contribution in [0.1, 0.15) is 39.0 Å². The first kappa shape index (κ1) is 16.1. The third-order valence-electron chi connectivity index (χ3n) is 4.21. The fourth-order valence-electron chi connectivity index (χ4n) is 2.86. The van der Waals surface area contributed by atoms with Crippen molar-refractivity contribution in [1.29, 1.82) is 0 Å². The highest BCUT2D eigenvalue weighted by molar-refractivity contribution is 7.99. The minimum absolute atomic E-state index is 0. The van der Waals surface area contributed by atoms with Crippen molar-refractivity contribution < 1.29 is 4.79 Å². The summed E-state index contributed by atoms with van der Waals surface area (Å²) in [5.74, 6) is 0.259. The molecule has 3 nitrogen and oxygen atoms in total. The number of thioether (sulfide) groups is 1. The smallest absolute Gasteiger partial charge is 0.227 e. The molecule has 2 fully saturated rings. The Labute approximate surface area is 121 Å².